The second-order valence-electron chi connectivity index (χ2n) is 5.11. The predicted molar refractivity (Wildman–Crippen MR) is 86.2 cm³/mol. The Hall–Kier alpha value is -2.74. The summed E-state index contributed by atoms with van der Waals surface area (Å²) >= 11 is 0. The van der Waals surface area contributed by atoms with Crippen LogP contribution >= 0.6 is 0 Å². The van der Waals surface area contributed by atoms with Gasteiger partial charge in [-0.1, -0.05) is 17.7 Å². The van der Waals surface area contributed by atoms with Gasteiger partial charge in [0.25, 0.3) is 10.0 Å². The summed E-state index contributed by atoms with van der Waals surface area (Å²) in [6.07, 6.45) is 4.76. The Balaban J connectivity index is 1.89. The average Bonchev–Trinajstić information content (AvgIpc) is 2.94. The Morgan fingerprint density at radius 3 is 2.52 bits per heavy atom. The minimum atomic E-state index is -3.68. The van der Waals surface area contributed by atoms with Crippen molar-refractivity contribution in [2.75, 3.05) is 4.72 Å². The van der Waals surface area contributed by atoms with Crippen molar-refractivity contribution in [1.82, 2.24) is 19.7 Å². The van der Waals surface area contributed by atoms with Crippen molar-refractivity contribution in [2.24, 2.45) is 7.05 Å². The van der Waals surface area contributed by atoms with E-state index in [0.717, 1.165) is 11.1 Å². The van der Waals surface area contributed by atoms with Gasteiger partial charge in [0.15, 0.2) is 0 Å². The topological polar surface area (TPSA) is 89.8 Å². The number of nitrogens with one attached hydrogen (secondary N) is 1. The van der Waals surface area contributed by atoms with Gasteiger partial charge < -0.3 is 0 Å². The van der Waals surface area contributed by atoms with Crippen LogP contribution in [0.4, 0.5) is 5.82 Å². The van der Waals surface area contributed by atoms with Crippen LogP contribution < -0.4 is 4.72 Å². The number of benzene rings is 1. The van der Waals surface area contributed by atoms with E-state index in [0.29, 0.717) is 5.69 Å². The van der Waals surface area contributed by atoms with Crippen molar-refractivity contribution < 1.29 is 8.42 Å². The second kappa shape index (κ2) is 5.81. The molecule has 23 heavy (non-hydrogen) atoms. The van der Waals surface area contributed by atoms with E-state index in [1.807, 2.05) is 6.92 Å². The lowest BCUT2D eigenvalue weighted by Crippen LogP contribution is -2.14. The molecule has 1 aromatic carbocycles. The smallest absolute Gasteiger partial charge is 0.263 e. The zero-order chi connectivity index (χ0) is 16.4. The first kappa shape index (κ1) is 15.2. The van der Waals surface area contributed by atoms with Gasteiger partial charge in [-0.25, -0.2) is 18.4 Å². The lowest BCUT2D eigenvalue weighted by molar-refractivity contribution is 0.601. The molecule has 0 spiro atoms. The zero-order valence-corrected chi connectivity index (χ0v) is 13.4. The second-order valence-corrected chi connectivity index (χ2v) is 6.79. The van der Waals surface area contributed by atoms with Crippen molar-refractivity contribution in [3.8, 4) is 11.3 Å². The largest absolute Gasteiger partial charge is 0.275 e. The molecule has 3 rings (SSSR count). The molecule has 1 N–H and O–H groups in total. The van der Waals surface area contributed by atoms with Crippen LogP contribution in [0.25, 0.3) is 11.3 Å². The lowest BCUT2D eigenvalue weighted by Gasteiger charge is -2.08. The monoisotopic (exact) mass is 329 g/mol. The van der Waals surface area contributed by atoms with Gasteiger partial charge in [-0.05, 0) is 19.1 Å². The molecule has 0 amide bonds. The number of hydrogen-bond donors (Lipinski definition) is 1. The quantitative estimate of drug-likeness (QED) is 0.790. The van der Waals surface area contributed by atoms with Crippen molar-refractivity contribution in [3.05, 3.63) is 54.6 Å². The summed E-state index contributed by atoms with van der Waals surface area (Å²) in [5.74, 6) is 0.208. The van der Waals surface area contributed by atoms with E-state index < -0.39 is 10.0 Å². The van der Waals surface area contributed by atoms with E-state index in [2.05, 4.69) is 19.8 Å². The molecular formula is C15H15N5O2S. The first-order chi connectivity index (χ1) is 10.9. The van der Waals surface area contributed by atoms with Gasteiger partial charge in [0.2, 0.25) is 0 Å². The molecule has 118 valence electrons. The summed E-state index contributed by atoms with van der Waals surface area (Å²) in [4.78, 5) is 8.29. The molecule has 0 radical (unpaired) electrons. The molecule has 8 heteroatoms. The number of aromatic nitrogens is 4. The van der Waals surface area contributed by atoms with Gasteiger partial charge in [-0.2, -0.15) is 5.10 Å². The van der Waals surface area contributed by atoms with E-state index in [1.54, 1.807) is 54.5 Å². The van der Waals surface area contributed by atoms with Crippen LogP contribution in [-0.4, -0.2) is 28.2 Å². The highest BCUT2D eigenvalue weighted by Gasteiger charge is 2.15. The normalized spacial score (nSPS) is 11.4. The van der Waals surface area contributed by atoms with E-state index in [9.17, 15) is 8.42 Å². The molecule has 7 nitrogen and oxygen atoms in total. The molecular weight excluding hydrogens is 314 g/mol. The molecule has 0 unspecified atom stereocenters. The molecule has 2 aromatic heterocycles. The summed E-state index contributed by atoms with van der Waals surface area (Å²) in [6.45, 7) is 1.90. The Labute approximate surface area is 134 Å². The Morgan fingerprint density at radius 2 is 1.87 bits per heavy atom. The fourth-order valence-corrected chi connectivity index (χ4v) is 3.04. The Morgan fingerprint density at radius 1 is 1.13 bits per heavy atom. The van der Waals surface area contributed by atoms with E-state index in [4.69, 9.17) is 0 Å². The zero-order valence-electron chi connectivity index (χ0n) is 12.6. The molecule has 0 atom stereocenters. The van der Waals surface area contributed by atoms with E-state index in [-0.39, 0.29) is 10.7 Å². The molecule has 0 saturated heterocycles. The van der Waals surface area contributed by atoms with Crippen LogP contribution in [0.3, 0.4) is 0 Å². The highest BCUT2D eigenvalue weighted by Crippen LogP contribution is 2.20. The summed E-state index contributed by atoms with van der Waals surface area (Å²) in [5, 5.41) is 4.07. The highest BCUT2D eigenvalue weighted by molar-refractivity contribution is 7.92. The molecule has 0 aliphatic carbocycles. The standard InChI is InChI=1S/C15H15N5O2S/c1-11-3-5-13(6-4-11)23(21,22)19-15-7-14(16-10-17-15)12-8-18-20(2)9-12/h3-10H,1-2H3,(H,16,17,19). The predicted octanol–water partition coefficient (Wildman–Crippen LogP) is 1.99. The minimum absolute atomic E-state index is 0.185. The third-order valence-electron chi connectivity index (χ3n) is 3.24. The molecule has 0 aliphatic heterocycles. The van der Waals surface area contributed by atoms with Crippen LogP contribution in [0.5, 0.6) is 0 Å². The minimum Gasteiger partial charge on any atom is -0.275 e. The van der Waals surface area contributed by atoms with Crippen molar-refractivity contribution in [1.29, 1.82) is 0 Å². The number of rotatable bonds is 4. The van der Waals surface area contributed by atoms with Crippen LogP contribution in [-0.2, 0) is 17.1 Å². The van der Waals surface area contributed by atoms with E-state index in [1.165, 1.54) is 6.33 Å². The van der Waals surface area contributed by atoms with Crippen LogP contribution in [0.1, 0.15) is 5.56 Å². The fourth-order valence-electron chi connectivity index (χ4n) is 2.04. The fraction of sp³-hybridized carbons (Fsp3) is 0.133. The van der Waals surface area contributed by atoms with Crippen LogP contribution in [0.15, 0.2) is 53.9 Å². The maximum absolute atomic E-state index is 12.4. The van der Waals surface area contributed by atoms with Crippen molar-refractivity contribution in [2.45, 2.75) is 11.8 Å². The number of nitrogens with zero attached hydrogens (tertiary/aromatic N) is 4. The molecule has 3 aromatic rings. The number of aryl methyl sites for hydroxylation is 2. The van der Waals surface area contributed by atoms with Gasteiger partial charge in [-0.3, -0.25) is 9.40 Å². The van der Waals surface area contributed by atoms with Crippen LogP contribution in [0.2, 0.25) is 0 Å². The van der Waals surface area contributed by atoms with Crippen molar-refractivity contribution >= 4 is 15.8 Å². The van der Waals surface area contributed by atoms with Gasteiger partial charge >= 0.3 is 0 Å². The van der Waals surface area contributed by atoms with Gasteiger partial charge in [0.1, 0.15) is 12.1 Å². The Kier molecular flexibility index (Phi) is 3.83. The third kappa shape index (κ3) is 3.37. The van der Waals surface area contributed by atoms with E-state index >= 15 is 0 Å². The SMILES string of the molecule is Cc1ccc(S(=O)(=O)Nc2cc(-c3cnn(C)c3)ncn2)cc1. The van der Waals surface area contributed by atoms with Gasteiger partial charge in [0, 0.05) is 24.9 Å². The van der Waals surface area contributed by atoms with Crippen LogP contribution in [0, 0.1) is 6.92 Å². The molecule has 2 heterocycles. The number of sulfonamides is 1. The summed E-state index contributed by atoms with van der Waals surface area (Å²) in [5.41, 5.74) is 2.37. The maximum atomic E-state index is 12.4. The first-order valence-corrected chi connectivity index (χ1v) is 8.33. The summed E-state index contributed by atoms with van der Waals surface area (Å²) in [7, 11) is -1.89. The number of anilines is 1. The highest BCUT2D eigenvalue weighted by atomic mass is 32.2. The molecule has 0 aliphatic rings. The van der Waals surface area contributed by atoms with Gasteiger partial charge in [-0.15, -0.1) is 0 Å². The third-order valence-corrected chi connectivity index (χ3v) is 4.61. The molecule has 0 fully saturated rings. The Bertz CT molecular complexity index is 933. The average molecular weight is 329 g/mol. The number of hydrogen-bond acceptors (Lipinski definition) is 5. The van der Waals surface area contributed by atoms with Gasteiger partial charge in [0.05, 0.1) is 16.8 Å². The lowest BCUT2D eigenvalue weighted by atomic mass is 10.2. The summed E-state index contributed by atoms with van der Waals surface area (Å²) in [6, 6.07) is 8.18. The summed E-state index contributed by atoms with van der Waals surface area (Å²) < 4.78 is 28.9. The van der Waals surface area contributed by atoms with Crippen molar-refractivity contribution in [3.63, 3.8) is 0 Å². The molecule has 0 saturated carbocycles. The maximum Gasteiger partial charge on any atom is 0.263 e. The first-order valence-electron chi connectivity index (χ1n) is 6.84. The molecule has 0 bridgehead atoms.